The fourth-order valence-electron chi connectivity index (χ4n) is 3.86. The number of methoxy groups -OCH3 is 1. The van der Waals surface area contributed by atoms with Crippen molar-refractivity contribution in [2.45, 2.75) is 56.3 Å². The molecule has 0 bridgehead atoms. The molecule has 5 heteroatoms. The number of ether oxygens (including phenoxy) is 1. The van der Waals surface area contributed by atoms with Crippen molar-refractivity contribution in [1.29, 1.82) is 0 Å². The maximum absolute atomic E-state index is 12.0. The van der Waals surface area contributed by atoms with E-state index in [0.717, 1.165) is 24.2 Å². The summed E-state index contributed by atoms with van der Waals surface area (Å²) >= 11 is 0. The fourth-order valence-corrected chi connectivity index (χ4v) is 3.86. The molecular weight excluding hydrogens is 306 g/mol. The molecule has 24 heavy (non-hydrogen) atoms. The van der Waals surface area contributed by atoms with E-state index >= 15 is 0 Å². The van der Waals surface area contributed by atoms with E-state index in [1.54, 1.807) is 14.0 Å². The third-order valence-electron chi connectivity index (χ3n) is 5.56. The van der Waals surface area contributed by atoms with Gasteiger partial charge in [-0.3, -0.25) is 9.69 Å². The molecule has 2 N–H and O–H groups in total. The third-order valence-corrected chi connectivity index (χ3v) is 5.56. The van der Waals surface area contributed by atoms with Crippen LogP contribution in [0.1, 0.15) is 38.2 Å². The number of hydrogen-bond acceptors (Lipinski definition) is 4. The minimum Gasteiger partial charge on any atom is -0.497 e. The molecule has 5 nitrogen and oxygen atoms in total. The van der Waals surface area contributed by atoms with Gasteiger partial charge in [0.2, 0.25) is 0 Å². The Bertz CT molecular complexity index is 638. The van der Waals surface area contributed by atoms with Gasteiger partial charge in [-0.1, -0.05) is 31.6 Å². The smallest absolute Gasteiger partial charge is 0.274 e. The van der Waals surface area contributed by atoms with Crippen LogP contribution in [-0.4, -0.2) is 45.4 Å². The van der Waals surface area contributed by atoms with E-state index < -0.39 is 17.2 Å². The molecule has 130 valence electrons. The summed E-state index contributed by atoms with van der Waals surface area (Å²) in [5.74, 6) is 0.606. The van der Waals surface area contributed by atoms with Crippen LogP contribution in [0.15, 0.2) is 36.5 Å². The zero-order valence-electron chi connectivity index (χ0n) is 14.3. The number of carbonyl (C=O) groups excluding carboxylic acids is 1. The SMILES string of the molecule is C=C1C(=O)N1[C@@H](Cc1ccc(OC)cc1)[C@@]1(O)CCCCC1(C)O. The lowest BCUT2D eigenvalue weighted by Gasteiger charge is -2.49. The molecule has 0 radical (unpaired) electrons. The van der Waals surface area contributed by atoms with Crippen molar-refractivity contribution in [3.63, 3.8) is 0 Å². The number of rotatable bonds is 5. The Morgan fingerprint density at radius 1 is 1.25 bits per heavy atom. The molecule has 1 amide bonds. The number of amides is 1. The molecule has 1 saturated carbocycles. The van der Waals surface area contributed by atoms with Gasteiger partial charge in [-0.15, -0.1) is 0 Å². The summed E-state index contributed by atoms with van der Waals surface area (Å²) in [4.78, 5) is 13.5. The quantitative estimate of drug-likeness (QED) is 0.640. The second-order valence-electron chi connectivity index (χ2n) is 7.10. The van der Waals surface area contributed by atoms with Crippen LogP contribution in [0.3, 0.4) is 0 Å². The van der Waals surface area contributed by atoms with Gasteiger partial charge >= 0.3 is 0 Å². The molecule has 1 aliphatic carbocycles. The van der Waals surface area contributed by atoms with E-state index in [1.165, 1.54) is 4.90 Å². The highest BCUT2D eigenvalue weighted by Gasteiger charge is 2.59. The number of carbonyl (C=O) groups is 1. The second-order valence-corrected chi connectivity index (χ2v) is 7.10. The predicted molar refractivity (Wildman–Crippen MR) is 90.5 cm³/mol. The summed E-state index contributed by atoms with van der Waals surface area (Å²) in [5, 5.41) is 22.2. The van der Waals surface area contributed by atoms with Crippen molar-refractivity contribution in [1.82, 2.24) is 4.90 Å². The van der Waals surface area contributed by atoms with Gasteiger partial charge in [-0.25, -0.2) is 0 Å². The first kappa shape index (κ1) is 17.0. The Morgan fingerprint density at radius 3 is 2.33 bits per heavy atom. The van der Waals surface area contributed by atoms with Gasteiger partial charge in [0.25, 0.3) is 5.91 Å². The van der Waals surface area contributed by atoms with E-state index in [1.807, 2.05) is 24.3 Å². The molecule has 3 atom stereocenters. The minimum atomic E-state index is -1.35. The maximum Gasteiger partial charge on any atom is 0.274 e. The highest BCUT2D eigenvalue weighted by Crippen LogP contribution is 2.45. The van der Waals surface area contributed by atoms with Gasteiger partial charge in [0.1, 0.15) is 17.0 Å². The topological polar surface area (TPSA) is 69.8 Å². The summed E-state index contributed by atoms with van der Waals surface area (Å²) in [6.07, 6.45) is 3.16. The van der Waals surface area contributed by atoms with Gasteiger partial charge in [0.15, 0.2) is 0 Å². The molecule has 1 heterocycles. The summed E-state index contributed by atoms with van der Waals surface area (Å²) in [7, 11) is 1.61. The van der Waals surface area contributed by atoms with E-state index in [9.17, 15) is 15.0 Å². The van der Waals surface area contributed by atoms with Gasteiger partial charge < -0.3 is 14.9 Å². The molecule has 2 fully saturated rings. The monoisotopic (exact) mass is 331 g/mol. The molecule has 1 aromatic carbocycles. The number of hydrogen-bond donors (Lipinski definition) is 2. The standard InChI is InChI=1S/C19H25NO4/c1-13-17(21)20(13)16(12-14-6-8-15(24-3)9-7-14)19(23)11-5-4-10-18(19,2)22/h6-9,16,22-23H,1,4-5,10-12H2,2-3H3/t16-,18?,19-,20?/m0/s1. The average molecular weight is 331 g/mol. The molecule has 1 unspecified atom stereocenters. The van der Waals surface area contributed by atoms with Crippen LogP contribution < -0.4 is 4.74 Å². The molecule has 0 spiro atoms. The molecule has 2 aliphatic rings. The normalized spacial score (nSPS) is 31.1. The van der Waals surface area contributed by atoms with Crippen molar-refractivity contribution < 1.29 is 19.7 Å². The van der Waals surface area contributed by atoms with Crippen LogP contribution in [0.25, 0.3) is 0 Å². The highest BCUT2D eigenvalue weighted by molar-refractivity contribution is 6.09. The first-order chi connectivity index (χ1) is 11.3. The Hall–Kier alpha value is -1.85. The van der Waals surface area contributed by atoms with Gasteiger partial charge in [-0.2, -0.15) is 0 Å². The van der Waals surface area contributed by atoms with Crippen molar-refractivity contribution >= 4 is 5.91 Å². The van der Waals surface area contributed by atoms with Crippen LogP contribution in [0.2, 0.25) is 0 Å². The summed E-state index contributed by atoms with van der Waals surface area (Å²) in [6.45, 7) is 5.43. The zero-order chi connectivity index (χ0) is 17.5. The van der Waals surface area contributed by atoms with Crippen LogP contribution in [0.5, 0.6) is 5.75 Å². The fraction of sp³-hybridized carbons (Fsp3) is 0.526. The lowest BCUT2D eigenvalue weighted by molar-refractivity contribution is -0.189. The largest absolute Gasteiger partial charge is 0.497 e. The third kappa shape index (κ3) is 2.72. The van der Waals surface area contributed by atoms with Crippen molar-refractivity contribution in [3.8, 4) is 5.75 Å². The Morgan fingerprint density at radius 2 is 1.83 bits per heavy atom. The molecular formula is C19H25NO4. The van der Waals surface area contributed by atoms with Crippen LogP contribution in [-0.2, 0) is 11.2 Å². The van der Waals surface area contributed by atoms with E-state index in [2.05, 4.69) is 6.58 Å². The Labute approximate surface area is 142 Å². The molecule has 1 saturated heterocycles. The number of benzene rings is 1. The second kappa shape index (κ2) is 5.90. The molecule has 0 aromatic heterocycles. The molecule has 1 aromatic rings. The lowest BCUT2D eigenvalue weighted by atomic mass is 9.67. The Kier molecular flexibility index (Phi) is 4.18. The van der Waals surface area contributed by atoms with E-state index in [-0.39, 0.29) is 5.91 Å². The van der Waals surface area contributed by atoms with Crippen molar-refractivity contribution in [2.24, 2.45) is 0 Å². The van der Waals surface area contributed by atoms with Crippen LogP contribution in [0.4, 0.5) is 0 Å². The lowest BCUT2D eigenvalue weighted by Crippen LogP contribution is -2.64. The van der Waals surface area contributed by atoms with Crippen LogP contribution in [0, 0.1) is 0 Å². The summed E-state index contributed by atoms with van der Waals surface area (Å²) < 4.78 is 5.17. The number of aliphatic hydroxyl groups is 2. The average Bonchev–Trinajstić information content (AvgIpc) is 3.15. The summed E-state index contributed by atoms with van der Waals surface area (Å²) in [5.41, 5.74) is -1.20. The van der Waals surface area contributed by atoms with Crippen molar-refractivity contribution in [3.05, 3.63) is 42.1 Å². The minimum absolute atomic E-state index is 0.150. The van der Waals surface area contributed by atoms with Crippen LogP contribution >= 0.6 is 0 Å². The summed E-state index contributed by atoms with van der Waals surface area (Å²) in [6, 6.07) is 7.04. The molecule has 1 aliphatic heterocycles. The first-order valence-corrected chi connectivity index (χ1v) is 8.40. The van der Waals surface area contributed by atoms with Gasteiger partial charge in [0.05, 0.1) is 18.8 Å². The highest BCUT2D eigenvalue weighted by atomic mass is 16.5. The van der Waals surface area contributed by atoms with Gasteiger partial charge in [0, 0.05) is 0 Å². The van der Waals surface area contributed by atoms with E-state index in [4.69, 9.17) is 4.74 Å². The van der Waals surface area contributed by atoms with Gasteiger partial charge in [-0.05, 0) is 43.9 Å². The number of nitrogens with zero attached hydrogens (tertiary/aromatic N) is 1. The molecule has 3 rings (SSSR count). The van der Waals surface area contributed by atoms with E-state index in [0.29, 0.717) is 25.0 Å². The van der Waals surface area contributed by atoms with Crippen molar-refractivity contribution in [2.75, 3.05) is 7.11 Å². The predicted octanol–water partition coefficient (Wildman–Crippen LogP) is 2.02. The maximum atomic E-state index is 12.0. The Balaban J connectivity index is 1.91. The zero-order valence-corrected chi connectivity index (χ0v) is 14.3. The first-order valence-electron chi connectivity index (χ1n) is 8.40.